The minimum absolute atomic E-state index is 0.328. The van der Waals surface area contributed by atoms with Crippen molar-refractivity contribution in [3.8, 4) is 0 Å². The van der Waals surface area contributed by atoms with Crippen molar-refractivity contribution >= 4 is 20.9 Å². The van der Waals surface area contributed by atoms with Crippen molar-refractivity contribution in [2.45, 2.75) is 24.3 Å². The average molecular weight is 332 g/mol. The Hall–Kier alpha value is -2.18. The van der Waals surface area contributed by atoms with E-state index in [0.29, 0.717) is 6.42 Å². The van der Waals surface area contributed by atoms with Gasteiger partial charge in [0.1, 0.15) is 10.7 Å². The number of nitrogens with one attached hydrogen (secondary N) is 2. The highest BCUT2D eigenvalue weighted by Gasteiger charge is 2.21. The summed E-state index contributed by atoms with van der Waals surface area (Å²) in [5.74, 6) is -0.751. The number of aromatic nitrogens is 1. The maximum absolute atomic E-state index is 13.7. The van der Waals surface area contributed by atoms with Gasteiger partial charge in [-0.15, -0.1) is 0 Å². The summed E-state index contributed by atoms with van der Waals surface area (Å²) >= 11 is 0. The first-order chi connectivity index (χ1) is 11.0. The fourth-order valence-electron chi connectivity index (χ4n) is 2.66. The molecule has 1 heterocycles. The molecule has 23 heavy (non-hydrogen) atoms. The molecule has 2 aromatic carbocycles. The average Bonchev–Trinajstić information content (AvgIpc) is 2.90. The minimum atomic E-state index is -3.88. The summed E-state index contributed by atoms with van der Waals surface area (Å²) in [7, 11) is -3.88. The topological polar surface area (TPSA) is 62.0 Å². The number of para-hydroxylation sites is 1. The molecule has 3 rings (SSSR count). The zero-order valence-electron chi connectivity index (χ0n) is 12.6. The summed E-state index contributed by atoms with van der Waals surface area (Å²) in [6.45, 7) is 1.76. The van der Waals surface area contributed by atoms with E-state index in [9.17, 15) is 12.8 Å². The number of aromatic amines is 1. The van der Waals surface area contributed by atoms with Crippen molar-refractivity contribution < 1.29 is 12.8 Å². The molecule has 0 aliphatic carbocycles. The molecule has 0 amide bonds. The number of hydrogen-bond donors (Lipinski definition) is 2. The zero-order valence-corrected chi connectivity index (χ0v) is 13.4. The molecule has 1 aromatic heterocycles. The maximum atomic E-state index is 13.7. The first-order valence-corrected chi connectivity index (χ1v) is 8.77. The normalized spacial score (nSPS) is 13.3. The van der Waals surface area contributed by atoms with Gasteiger partial charge in [0.2, 0.25) is 10.0 Å². The lowest BCUT2D eigenvalue weighted by molar-refractivity contribution is 0.542. The second kappa shape index (κ2) is 6.14. The van der Waals surface area contributed by atoms with Crippen molar-refractivity contribution in [1.29, 1.82) is 0 Å². The summed E-state index contributed by atoms with van der Waals surface area (Å²) < 4.78 is 40.8. The van der Waals surface area contributed by atoms with Crippen LogP contribution in [0.25, 0.3) is 10.9 Å². The maximum Gasteiger partial charge on any atom is 0.243 e. The minimum Gasteiger partial charge on any atom is -0.361 e. The Bertz CT molecular complexity index is 934. The molecule has 0 spiro atoms. The van der Waals surface area contributed by atoms with Crippen molar-refractivity contribution in [2.75, 3.05) is 0 Å². The highest BCUT2D eigenvalue weighted by molar-refractivity contribution is 7.89. The van der Waals surface area contributed by atoms with E-state index in [0.717, 1.165) is 22.5 Å². The monoisotopic (exact) mass is 332 g/mol. The van der Waals surface area contributed by atoms with Crippen molar-refractivity contribution in [2.24, 2.45) is 0 Å². The van der Waals surface area contributed by atoms with Crippen LogP contribution in [0.5, 0.6) is 0 Å². The first kappa shape index (κ1) is 15.7. The van der Waals surface area contributed by atoms with Crippen molar-refractivity contribution in [3.05, 3.63) is 66.1 Å². The molecule has 4 nitrogen and oxygen atoms in total. The highest BCUT2D eigenvalue weighted by atomic mass is 32.2. The van der Waals surface area contributed by atoms with Crippen LogP contribution in [0.3, 0.4) is 0 Å². The second-order valence-electron chi connectivity index (χ2n) is 5.52. The lowest BCUT2D eigenvalue weighted by Crippen LogP contribution is -2.34. The van der Waals surface area contributed by atoms with Crippen LogP contribution in [0.1, 0.15) is 12.5 Å². The summed E-state index contributed by atoms with van der Waals surface area (Å²) in [6, 6.07) is 12.8. The molecule has 1 unspecified atom stereocenters. The van der Waals surface area contributed by atoms with Gasteiger partial charge in [-0.3, -0.25) is 0 Å². The third-order valence-corrected chi connectivity index (χ3v) is 5.31. The molecule has 0 bridgehead atoms. The van der Waals surface area contributed by atoms with Crippen LogP contribution in [0.2, 0.25) is 0 Å². The van der Waals surface area contributed by atoms with E-state index < -0.39 is 15.8 Å². The quantitative estimate of drug-likeness (QED) is 0.753. The van der Waals surface area contributed by atoms with Crippen LogP contribution in [0.4, 0.5) is 4.39 Å². The molecule has 0 saturated carbocycles. The molecular formula is C17H17FN2O2S. The predicted octanol–water partition coefficient (Wildman–Crippen LogP) is 3.22. The Morgan fingerprint density at radius 2 is 1.83 bits per heavy atom. The standard InChI is InChI=1S/C17H17FN2O2S/c1-12(10-13-11-19-16-8-4-2-6-14(13)16)20-23(21,22)17-9-5-3-7-15(17)18/h2-9,11-12,19-20H,10H2,1H3. The molecule has 0 aliphatic rings. The summed E-state index contributed by atoms with van der Waals surface area (Å²) in [4.78, 5) is 2.83. The molecule has 3 aromatic rings. The SMILES string of the molecule is CC(Cc1c[nH]c2ccccc12)NS(=O)(=O)c1ccccc1F. The van der Waals surface area contributed by atoms with Crippen LogP contribution < -0.4 is 4.72 Å². The van der Waals surface area contributed by atoms with Gasteiger partial charge in [-0.1, -0.05) is 30.3 Å². The summed E-state index contributed by atoms with van der Waals surface area (Å²) in [5, 5.41) is 1.06. The molecule has 0 fully saturated rings. The van der Waals surface area contributed by atoms with Crippen LogP contribution in [0, 0.1) is 5.82 Å². The molecule has 120 valence electrons. The molecule has 0 aliphatic heterocycles. The van der Waals surface area contributed by atoms with E-state index in [4.69, 9.17) is 0 Å². The van der Waals surface area contributed by atoms with Crippen molar-refractivity contribution in [1.82, 2.24) is 9.71 Å². The van der Waals surface area contributed by atoms with Crippen LogP contribution in [0.15, 0.2) is 59.6 Å². The Balaban J connectivity index is 1.79. The van der Waals surface area contributed by atoms with Crippen LogP contribution in [-0.4, -0.2) is 19.4 Å². The van der Waals surface area contributed by atoms with Gasteiger partial charge in [0, 0.05) is 23.1 Å². The smallest absolute Gasteiger partial charge is 0.243 e. The molecule has 0 saturated heterocycles. The number of H-pyrrole nitrogens is 1. The van der Waals surface area contributed by atoms with Gasteiger partial charge in [-0.05, 0) is 37.1 Å². The van der Waals surface area contributed by atoms with E-state index in [1.165, 1.54) is 18.2 Å². The Kier molecular flexibility index (Phi) is 4.19. The summed E-state index contributed by atoms with van der Waals surface area (Å²) in [5.41, 5.74) is 2.02. The fraction of sp³-hybridized carbons (Fsp3) is 0.176. The van der Waals surface area contributed by atoms with Crippen molar-refractivity contribution in [3.63, 3.8) is 0 Å². The van der Waals surface area contributed by atoms with Gasteiger partial charge >= 0.3 is 0 Å². The van der Waals surface area contributed by atoms with Gasteiger partial charge in [0.15, 0.2) is 0 Å². The Labute approximate surface area is 134 Å². The van der Waals surface area contributed by atoms with Crippen LogP contribution in [-0.2, 0) is 16.4 Å². The molecule has 1 atom stereocenters. The van der Waals surface area contributed by atoms with E-state index in [-0.39, 0.29) is 10.9 Å². The Morgan fingerprint density at radius 3 is 2.61 bits per heavy atom. The predicted molar refractivity (Wildman–Crippen MR) is 88.2 cm³/mol. The number of sulfonamides is 1. The largest absolute Gasteiger partial charge is 0.361 e. The second-order valence-corrected chi connectivity index (χ2v) is 7.20. The van der Waals surface area contributed by atoms with E-state index in [2.05, 4.69) is 9.71 Å². The fourth-order valence-corrected chi connectivity index (χ4v) is 3.99. The molecule has 0 radical (unpaired) electrons. The number of benzene rings is 2. The van der Waals surface area contributed by atoms with Gasteiger partial charge < -0.3 is 4.98 Å². The molecular weight excluding hydrogens is 315 g/mol. The zero-order chi connectivity index (χ0) is 16.4. The molecule has 6 heteroatoms. The van der Waals surface area contributed by atoms with Gasteiger partial charge in [0.25, 0.3) is 0 Å². The van der Waals surface area contributed by atoms with Gasteiger partial charge in [-0.25, -0.2) is 17.5 Å². The lowest BCUT2D eigenvalue weighted by atomic mass is 10.1. The molecule has 2 N–H and O–H groups in total. The van der Waals surface area contributed by atoms with E-state index >= 15 is 0 Å². The highest BCUT2D eigenvalue weighted by Crippen LogP contribution is 2.20. The first-order valence-electron chi connectivity index (χ1n) is 7.29. The third kappa shape index (κ3) is 3.28. The number of halogens is 1. The van der Waals surface area contributed by atoms with E-state index in [1.807, 2.05) is 30.5 Å². The number of hydrogen-bond acceptors (Lipinski definition) is 2. The Morgan fingerprint density at radius 1 is 1.13 bits per heavy atom. The van der Waals surface area contributed by atoms with Gasteiger partial charge in [-0.2, -0.15) is 0 Å². The lowest BCUT2D eigenvalue weighted by Gasteiger charge is -2.14. The summed E-state index contributed by atoms with van der Waals surface area (Å²) in [6.07, 6.45) is 2.39. The van der Waals surface area contributed by atoms with Gasteiger partial charge in [0.05, 0.1) is 0 Å². The number of rotatable bonds is 5. The number of fused-ring (bicyclic) bond motifs is 1. The third-order valence-electron chi connectivity index (χ3n) is 3.68. The van der Waals surface area contributed by atoms with E-state index in [1.54, 1.807) is 6.92 Å². The van der Waals surface area contributed by atoms with Crippen LogP contribution >= 0.6 is 0 Å².